The van der Waals surface area contributed by atoms with Gasteiger partial charge in [0.05, 0.1) is 9.82 Å². The summed E-state index contributed by atoms with van der Waals surface area (Å²) >= 11 is 0. The van der Waals surface area contributed by atoms with E-state index in [0.717, 1.165) is 35.2 Å². The fourth-order valence-electron chi connectivity index (χ4n) is 2.70. The second-order valence-electron chi connectivity index (χ2n) is 5.83. The highest BCUT2D eigenvalue weighted by molar-refractivity contribution is 7.89. The SMILES string of the molecule is O=C(O)[C@H](Cc1c[nH]c2ccccc12)NS(=O)(=O)c1ccc([N+](=O)[O-])cc1. The fraction of sp³-hybridized carbons (Fsp3) is 0.118. The zero-order valence-electron chi connectivity index (χ0n) is 13.8. The third-order valence-electron chi connectivity index (χ3n) is 4.05. The maximum atomic E-state index is 12.5. The molecule has 1 heterocycles. The van der Waals surface area contributed by atoms with Crippen LogP contribution in [0.2, 0.25) is 0 Å². The molecule has 1 atom stereocenters. The highest BCUT2D eigenvalue weighted by atomic mass is 32.2. The number of nitro groups is 1. The number of rotatable bonds is 7. The molecule has 0 saturated carbocycles. The van der Waals surface area contributed by atoms with Crippen molar-refractivity contribution in [1.82, 2.24) is 9.71 Å². The summed E-state index contributed by atoms with van der Waals surface area (Å²) in [7, 11) is -4.17. The molecule has 27 heavy (non-hydrogen) atoms. The molecular formula is C17H15N3O6S. The molecule has 3 aromatic rings. The van der Waals surface area contributed by atoms with E-state index < -0.39 is 27.0 Å². The number of sulfonamides is 1. The number of benzene rings is 2. The number of carboxylic acid groups (broad SMARTS) is 1. The van der Waals surface area contributed by atoms with Crippen LogP contribution in [0.25, 0.3) is 10.9 Å². The summed E-state index contributed by atoms with van der Waals surface area (Å²) in [6, 6.07) is 10.1. The molecule has 9 nitrogen and oxygen atoms in total. The summed E-state index contributed by atoms with van der Waals surface area (Å²) in [5.74, 6) is -1.33. The van der Waals surface area contributed by atoms with Gasteiger partial charge >= 0.3 is 5.97 Å². The maximum absolute atomic E-state index is 12.5. The van der Waals surface area contributed by atoms with E-state index in [2.05, 4.69) is 9.71 Å². The van der Waals surface area contributed by atoms with Crippen LogP contribution in [0, 0.1) is 10.1 Å². The van der Waals surface area contributed by atoms with Crippen molar-refractivity contribution < 1.29 is 23.2 Å². The fourth-order valence-corrected chi connectivity index (χ4v) is 3.89. The molecule has 2 aromatic carbocycles. The minimum Gasteiger partial charge on any atom is -0.480 e. The van der Waals surface area contributed by atoms with Crippen LogP contribution >= 0.6 is 0 Å². The number of non-ortho nitro benzene ring substituents is 1. The number of nitrogens with one attached hydrogen (secondary N) is 2. The molecule has 0 radical (unpaired) electrons. The van der Waals surface area contributed by atoms with Crippen LogP contribution in [0.15, 0.2) is 59.6 Å². The van der Waals surface area contributed by atoms with Gasteiger partial charge in [0, 0.05) is 35.7 Å². The molecule has 0 fully saturated rings. The second kappa shape index (κ2) is 7.17. The molecule has 0 spiro atoms. The summed E-state index contributed by atoms with van der Waals surface area (Å²) in [4.78, 5) is 24.4. The summed E-state index contributed by atoms with van der Waals surface area (Å²) in [5.41, 5.74) is 1.21. The normalized spacial score (nSPS) is 12.7. The Bertz CT molecular complexity index is 1110. The third kappa shape index (κ3) is 3.96. The first kappa shape index (κ1) is 18.5. The van der Waals surface area contributed by atoms with Crippen LogP contribution in [0.3, 0.4) is 0 Å². The Morgan fingerprint density at radius 1 is 1.19 bits per heavy atom. The molecule has 10 heteroatoms. The molecule has 1 aromatic heterocycles. The van der Waals surface area contributed by atoms with Gasteiger partial charge in [0.25, 0.3) is 5.69 Å². The van der Waals surface area contributed by atoms with Crippen molar-refractivity contribution in [1.29, 1.82) is 0 Å². The molecule has 3 rings (SSSR count). The number of nitro benzene ring substituents is 1. The van der Waals surface area contributed by atoms with E-state index in [4.69, 9.17) is 0 Å². The van der Waals surface area contributed by atoms with Gasteiger partial charge in [0.15, 0.2) is 0 Å². The maximum Gasteiger partial charge on any atom is 0.322 e. The van der Waals surface area contributed by atoms with E-state index in [1.54, 1.807) is 12.3 Å². The first-order valence-corrected chi connectivity index (χ1v) is 9.31. The number of hydrogen-bond acceptors (Lipinski definition) is 5. The van der Waals surface area contributed by atoms with Crippen LogP contribution in [-0.2, 0) is 21.2 Å². The van der Waals surface area contributed by atoms with Crippen LogP contribution < -0.4 is 4.72 Å². The first-order chi connectivity index (χ1) is 12.8. The topological polar surface area (TPSA) is 142 Å². The van der Waals surface area contributed by atoms with Crippen molar-refractivity contribution in [3.05, 3.63) is 70.4 Å². The van der Waals surface area contributed by atoms with Gasteiger partial charge in [-0.25, -0.2) is 8.42 Å². The van der Waals surface area contributed by atoms with Crippen LogP contribution in [0.5, 0.6) is 0 Å². The van der Waals surface area contributed by atoms with Crippen molar-refractivity contribution in [2.75, 3.05) is 0 Å². The number of aromatic amines is 1. The number of aromatic nitrogens is 1. The number of fused-ring (bicyclic) bond motifs is 1. The van der Waals surface area contributed by atoms with E-state index in [0.29, 0.717) is 5.56 Å². The predicted molar refractivity (Wildman–Crippen MR) is 96.8 cm³/mol. The zero-order valence-corrected chi connectivity index (χ0v) is 14.6. The Hall–Kier alpha value is -3.24. The molecule has 0 saturated heterocycles. The smallest absolute Gasteiger partial charge is 0.322 e. The van der Waals surface area contributed by atoms with E-state index in [9.17, 15) is 28.4 Å². The van der Waals surface area contributed by atoms with E-state index in [-0.39, 0.29) is 17.0 Å². The molecule has 0 aliphatic carbocycles. The number of hydrogen-bond donors (Lipinski definition) is 3. The zero-order chi connectivity index (χ0) is 19.6. The summed E-state index contributed by atoms with van der Waals surface area (Å²) in [6.07, 6.45) is 1.58. The lowest BCUT2D eigenvalue weighted by atomic mass is 10.1. The van der Waals surface area contributed by atoms with Gasteiger partial charge in [-0.1, -0.05) is 18.2 Å². The van der Waals surface area contributed by atoms with E-state index in [1.165, 1.54) is 0 Å². The lowest BCUT2D eigenvalue weighted by Crippen LogP contribution is -2.42. The largest absolute Gasteiger partial charge is 0.480 e. The number of nitrogens with zero attached hydrogens (tertiary/aromatic N) is 1. The summed E-state index contributed by atoms with van der Waals surface area (Å²) in [6.45, 7) is 0. The minimum absolute atomic E-state index is 0.0639. The van der Waals surface area contributed by atoms with Crippen LogP contribution in [0.4, 0.5) is 5.69 Å². The summed E-state index contributed by atoms with van der Waals surface area (Å²) < 4.78 is 27.1. The minimum atomic E-state index is -4.17. The van der Waals surface area contributed by atoms with E-state index >= 15 is 0 Å². The number of H-pyrrole nitrogens is 1. The van der Waals surface area contributed by atoms with Gasteiger partial charge in [-0.05, 0) is 23.8 Å². The van der Waals surface area contributed by atoms with Crippen LogP contribution in [-0.4, -0.2) is 35.4 Å². The Morgan fingerprint density at radius 3 is 2.48 bits per heavy atom. The average molecular weight is 389 g/mol. The molecular weight excluding hydrogens is 374 g/mol. The van der Waals surface area contributed by atoms with E-state index in [1.807, 2.05) is 18.2 Å². The molecule has 140 valence electrons. The molecule has 0 amide bonds. The van der Waals surface area contributed by atoms with Crippen LogP contribution in [0.1, 0.15) is 5.56 Å². The monoisotopic (exact) mass is 389 g/mol. The Kier molecular flexibility index (Phi) is 4.93. The quantitative estimate of drug-likeness (QED) is 0.417. The standard InChI is InChI=1S/C17H15N3O6S/c21-17(22)16(9-11-10-18-15-4-2-1-3-14(11)15)19-27(25,26)13-7-5-12(6-8-13)20(23)24/h1-8,10,16,18-19H,9H2,(H,21,22)/t16-/m0/s1. The molecule has 0 unspecified atom stereocenters. The lowest BCUT2D eigenvalue weighted by molar-refractivity contribution is -0.384. The second-order valence-corrected chi connectivity index (χ2v) is 7.54. The molecule has 0 aliphatic heterocycles. The van der Waals surface area contributed by atoms with Crippen molar-refractivity contribution in [2.24, 2.45) is 0 Å². The van der Waals surface area contributed by atoms with Gasteiger partial charge in [-0.15, -0.1) is 0 Å². The lowest BCUT2D eigenvalue weighted by Gasteiger charge is -2.14. The Morgan fingerprint density at radius 2 is 1.85 bits per heavy atom. The predicted octanol–water partition coefficient (Wildman–Crippen LogP) is 2.05. The Balaban J connectivity index is 1.85. The first-order valence-electron chi connectivity index (χ1n) is 7.82. The summed E-state index contributed by atoms with van der Waals surface area (Å²) in [5, 5.41) is 20.9. The third-order valence-corrected chi connectivity index (χ3v) is 5.54. The number of para-hydroxylation sites is 1. The van der Waals surface area contributed by atoms with Crippen molar-refractivity contribution in [3.8, 4) is 0 Å². The molecule has 0 aliphatic rings. The van der Waals surface area contributed by atoms with Crippen molar-refractivity contribution in [3.63, 3.8) is 0 Å². The van der Waals surface area contributed by atoms with Gasteiger partial charge < -0.3 is 10.1 Å². The van der Waals surface area contributed by atoms with Crippen molar-refractivity contribution in [2.45, 2.75) is 17.4 Å². The number of aliphatic carboxylic acids is 1. The Labute approximate surface area is 153 Å². The number of carbonyl (C=O) groups is 1. The van der Waals surface area contributed by atoms with Crippen molar-refractivity contribution >= 4 is 32.6 Å². The van der Waals surface area contributed by atoms with Gasteiger partial charge in [-0.3, -0.25) is 14.9 Å². The van der Waals surface area contributed by atoms with Gasteiger partial charge in [-0.2, -0.15) is 4.72 Å². The van der Waals surface area contributed by atoms with Gasteiger partial charge in [0.2, 0.25) is 10.0 Å². The number of carboxylic acids is 1. The average Bonchev–Trinajstić information content (AvgIpc) is 3.04. The highest BCUT2D eigenvalue weighted by Gasteiger charge is 2.27. The molecule has 3 N–H and O–H groups in total. The highest BCUT2D eigenvalue weighted by Crippen LogP contribution is 2.20. The molecule has 0 bridgehead atoms. The van der Waals surface area contributed by atoms with Gasteiger partial charge in [0.1, 0.15) is 6.04 Å².